The van der Waals surface area contributed by atoms with Crippen LogP contribution in [0.1, 0.15) is 56.8 Å². The fourth-order valence-electron chi connectivity index (χ4n) is 2.74. The summed E-state index contributed by atoms with van der Waals surface area (Å²) in [5, 5.41) is 12.4. The number of esters is 1. The van der Waals surface area contributed by atoms with Crippen molar-refractivity contribution >= 4 is 103 Å². The van der Waals surface area contributed by atoms with Gasteiger partial charge in [0.2, 0.25) is 11.8 Å². The lowest BCUT2D eigenvalue weighted by Gasteiger charge is -2.27. The highest BCUT2D eigenvalue weighted by molar-refractivity contribution is 14.1. The highest BCUT2D eigenvalue weighted by atomic mass is 127. The van der Waals surface area contributed by atoms with Crippen LogP contribution < -0.4 is 10.2 Å². The average molecular weight is 756 g/mol. The zero-order valence-corrected chi connectivity index (χ0v) is 23.3. The Bertz CT molecular complexity index is 844. The number of carbonyl (C=O) groups is 4. The summed E-state index contributed by atoms with van der Waals surface area (Å²) in [5.74, 6) is -1.94. The standard InChI is InChI=1S/C19H23I3N2O6/c1-4-30-12(27)8-6-5-7-9-24(11(3)26)18-15(21)13(19(28)29)14(20)17(16(18)22)23-10(2)25/h4-9H2,1-3H3,(H,23,25)(H,28,29). The van der Waals surface area contributed by atoms with Gasteiger partial charge in [-0.2, -0.15) is 0 Å². The number of carbonyl (C=O) groups excluding carboxylic acids is 3. The Labute approximate surface area is 216 Å². The van der Waals surface area contributed by atoms with E-state index in [0.717, 1.165) is 0 Å². The van der Waals surface area contributed by atoms with Crippen LogP contribution in [0.5, 0.6) is 0 Å². The number of hydrogen-bond donors (Lipinski definition) is 2. The minimum Gasteiger partial charge on any atom is -0.478 e. The van der Waals surface area contributed by atoms with E-state index in [-0.39, 0.29) is 23.3 Å². The third-order valence-electron chi connectivity index (χ3n) is 4.03. The molecular formula is C19H23I3N2O6. The first kappa shape index (κ1) is 27.3. The van der Waals surface area contributed by atoms with Gasteiger partial charge in [-0.1, -0.05) is 6.42 Å². The van der Waals surface area contributed by atoms with Crippen molar-refractivity contribution in [2.75, 3.05) is 23.4 Å². The Balaban J connectivity index is 3.21. The topological polar surface area (TPSA) is 113 Å². The van der Waals surface area contributed by atoms with Crippen molar-refractivity contribution in [2.24, 2.45) is 0 Å². The average Bonchev–Trinajstić information content (AvgIpc) is 2.63. The Hall–Kier alpha value is -0.710. The molecule has 11 heteroatoms. The summed E-state index contributed by atoms with van der Waals surface area (Å²) in [7, 11) is 0. The molecule has 1 aromatic carbocycles. The first-order chi connectivity index (χ1) is 14.0. The van der Waals surface area contributed by atoms with Crippen molar-refractivity contribution in [3.8, 4) is 0 Å². The van der Waals surface area contributed by atoms with E-state index in [1.165, 1.54) is 18.7 Å². The number of amides is 2. The number of hydrogen-bond acceptors (Lipinski definition) is 5. The quantitative estimate of drug-likeness (QED) is 0.205. The van der Waals surface area contributed by atoms with E-state index in [9.17, 15) is 24.3 Å². The molecule has 0 bridgehead atoms. The van der Waals surface area contributed by atoms with E-state index < -0.39 is 5.97 Å². The number of nitrogens with one attached hydrogen (secondary N) is 1. The van der Waals surface area contributed by atoms with Crippen molar-refractivity contribution in [3.63, 3.8) is 0 Å². The Morgan fingerprint density at radius 3 is 2.13 bits per heavy atom. The number of unbranched alkanes of at least 4 members (excludes halogenated alkanes) is 2. The van der Waals surface area contributed by atoms with Crippen LogP contribution in [0.15, 0.2) is 0 Å². The second-order valence-electron chi connectivity index (χ2n) is 6.31. The van der Waals surface area contributed by atoms with Gasteiger partial charge in [-0.15, -0.1) is 0 Å². The first-order valence-corrected chi connectivity index (χ1v) is 12.4. The molecule has 166 valence electrons. The van der Waals surface area contributed by atoms with Gasteiger partial charge in [0.05, 0.1) is 34.3 Å². The molecule has 30 heavy (non-hydrogen) atoms. The predicted octanol–water partition coefficient (Wildman–Crippen LogP) is 4.63. The molecule has 0 spiro atoms. The second kappa shape index (κ2) is 13.0. The molecule has 0 aromatic heterocycles. The van der Waals surface area contributed by atoms with E-state index in [0.29, 0.717) is 60.9 Å². The maximum absolute atomic E-state index is 12.4. The van der Waals surface area contributed by atoms with E-state index in [4.69, 9.17) is 4.74 Å². The van der Waals surface area contributed by atoms with Crippen LogP contribution in [0.25, 0.3) is 0 Å². The van der Waals surface area contributed by atoms with Crippen LogP contribution in [0.2, 0.25) is 0 Å². The van der Waals surface area contributed by atoms with Crippen LogP contribution in [0.4, 0.5) is 11.4 Å². The molecule has 0 fully saturated rings. The molecule has 8 nitrogen and oxygen atoms in total. The van der Waals surface area contributed by atoms with Gasteiger partial charge in [-0.25, -0.2) is 4.79 Å². The lowest BCUT2D eigenvalue weighted by molar-refractivity contribution is -0.143. The lowest BCUT2D eigenvalue weighted by atomic mass is 10.1. The van der Waals surface area contributed by atoms with E-state index in [1.54, 1.807) is 6.92 Å². The van der Waals surface area contributed by atoms with Crippen LogP contribution >= 0.6 is 67.8 Å². The van der Waals surface area contributed by atoms with Crippen LogP contribution in [-0.4, -0.2) is 42.0 Å². The van der Waals surface area contributed by atoms with Crippen LogP contribution in [0, 0.1) is 10.7 Å². The number of nitrogens with zero attached hydrogens (tertiary/aromatic N) is 1. The van der Waals surface area contributed by atoms with Gasteiger partial charge in [-0.3, -0.25) is 14.4 Å². The number of rotatable bonds is 10. The van der Waals surface area contributed by atoms with Crippen LogP contribution in [-0.2, 0) is 19.1 Å². The zero-order valence-electron chi connectivity index (χ0n) is 16.8. The molecule has 0 saturated heterocycles. The lowest BCUT2D eigenvalue weighted by Crippen LogP contribution is -2.32. The Kier molecular flexibility index (Phi) is 11.8. The Morgan fingerprint density at radius 1 is 1.00 bits per heavy atom. The number of halogens is 3. The third-order valence-corrected chi connectivity index (χ3v) is 7.21. The maximum atomic E-state index is 12.4. The highest BCUT2D eigenvalue weighted by Crippen LogP contribution is 2.41. The third kappa shape index (κ3) is 7.46. The largest absolute Gasteiger partial charge is 0.478 e. The summed E-state index contributed by atoms with van der Waals surface area (Å²) in [5.41, 5.74) is 0.893. The van der Waals surface area contributed by atoms with Crippen molar-refractivity contribution < 1.29 is 29.0 Å². The molecule has 0 radical (unpaired) electrons. The number of benzene rings is 1. The summed E-state index contributed by atoms with van der Waals surface area (Å²) >= 11 is 5.86. The molecule has 2 N–H and O–H groups in total. The van der Waals surface area contributed by atoms with Gasteiger partial charge >= 0.3 is 11.9 Å². The molecular weight excluding hydrogens is 733 g/mol. The van der Waals surface area contributed by atoms with Gasteiger partial charge in [0, 0.05) is 26.8 Å². The van der Waals surface area contributed by atoms with E-state index in [2.05, 4.69) is 5.32 Å². The predicted molar refractivity (Wildman–Crippen MR) is 139 cm³/mol. The minimum atomic E-state index is -1.13. The minimum absolute atomic E-state index is 0.0453. The second-order valence-corrected chi connectivity index (χ2v) is 9.55. The molecule has 0 unspecified atom stereocenters. The van der Waals surface area contributed by atoms with Gasteiger partial charge in [-0.05, 0) is 87.5 Å². The number of ether oxygens (including phenoxy) is 1. The molecule has 0 aliphatic carbocycles. The van der Waals surface area contributed by atoms with Gasteiger partial charge < -0.3 is 20.1 Å². The molecule has 0 aliphatic heterocycles. The monoisotopic (exact) mass is 756 g/mol. The van der Waals surface area contributed by atoms with Gasteiger partial charge in [0.1, 0.15) is 0 Å². The van der Waals surface area contributed by atoms with Crippen molar-refractivity contribution in [1.82, 2.24) is 0 Å². The van der Waals surface area contributed by atoms with E-state index >= 15 is 0 Å². The molecule has 2 amide bonds. The fourth-order valence-corrected chi connectivity index (χ4v) is 7.22. The van der Waals surface area contributed by atoms with Gasteiger partial charge in [0.25, 0.3) is 0 Å². The van der Waals surface area contributed by atoms with Crippen molar-refractivity contribution in [2.45, 2.75) is 46.5 Å². The summed E-state index contributed by atoms with van der Waals surface area (Å²) in [6.45, 7) is 5.23. The fraction of sp³-hybridized carbons (Fsp3) is 0.474. The molecule has 0 atom stereocenters. The van der Waals surface area contributed by atoms with Gasteiger partial charge in [0.15, 0.2) is 0 Å². The zero-order chi connectivity index (χ0) is 23.0. The van der Waals surface area contributed by atoms with E-state index in [1.807, 2.05) is 67.8 Å². The normalized spacial score (nSPS) is 10.5. The number of aromatic carboxylic acids is 1. The van der Waals surface area contributed by atoms with Crippen molar-refractivity contribution in [1.29, 1.82) is 0 Å². The maximum Gasteiger partial charge on any atom is 0.338 e. The summed E-state index contributed by atoms with van der Waals surface area (Å²) in [6.07, 6.45) is 2.31. The number of carboxylic acids is 1. The molecule has 0 heterocycles. The molecule has 1 rings (SSSR count). The molecule has 1 aromatic rings. The number of carboxylic acid groups (broad SMARTS) is 1. The smallest absolute Gasteiger partial charge is 0.338 e. The summed E-state index contributed by atoms with van der Waals surface area (Å²) in [6, 6.07) is 0. The highest BCUT2D eigenvalue weighted by Gasteiger charge is 2.28. The molecule has 0 saturated carbocycles. The summed E-state index contributed by atoms with van der Waals surface area (Å²) in [4.78, 5) is 48.9. The summed E-state index contributed by atoms with van der Waals surface area (Å²) < 4.78 is 6.35. The van der Waals surface area contributed by atoms with Crippen molar-refractivity contribution in [3.05, 3.63) is 16.3 Å². The molecule has 0 aliphatic rings. The Morgan fingerprint density at radius 2 is 1.63 bits per heavy atom. The van der Waals surface area contributed by atoms with Crippen LogP contribution in [0.3, 0.4) is 0 Å². The SMILES string of the molecule is CCOC(=O)CCCCCN(C(C)=O)c1c(I)c(NC(C)=O)c(I)c(C(=O)O)c1I. The number of anilines is 2. The first-order valence-electron chi connectivity index (χ1n) is 9.17.